The van der Waals surface area contributed by atoms with Crippen LogP contribution in [0.3, 0.4) is 0 Å². The van der Waals surface area contributed by atoms with Gasteiger partial charge >= 0.3 is 0 Å². The van der Waals surface area contributed by atoms with Crippen LogP contribution in [0.2, 0.25) is 0 Å². The zero-order chi connectivity index (χ0) is 33.8. The summed E-state index contributed by atoms with van der Waals surface area (Å²) in [6, 6.07) is 63.7. The molecular weight excluding hydrogens is 613 g/mol. The van der Waals surface area contributed by atoms with Crippen LogP contribution >= 0.6 is 0 Å². The van der Waals surface area contributed by atoms with E-state index in [1.807, 2.05) is 0 Å². The van der Waals surface area contributed by atoms with E-state index in [-0.39, 0.29) is 5.41 Å². The molecule has 238 valence electrons. The lowest BCUT2D eigenvalue weighted by Crippen LogP contribution is -2.15. The Kier molecular flexibility index (Phi) is 5.82. The second-order valence-corrected chi connectivity index (χ2v) is 14.9. The van der Waals surface area contributed by atoms with Crippen molar-refractivity contribution in [2.75, 3.05) is 0 Å². The second-order valence-electron chi connectivity index (χ2n) is 14.9. The molecule has 0 unspecified atom stereocenters. The normalized spacial score (nSPS) is 13.5. The summed E-state index contributed by atoms with van der Waals surface area (Å²) in [4.78, 5) is 0. The molecule has 0 radical (unpaired) electrons. The average Bonchev–Trinajstić information content (AvgIpc) is 3.63. The fourth-order valence-electron chi connectivity index (χ4n) is 9.12. The summed E-state index contributed by atoms with van der Waals surface area (Å²) in [5.41, 5.74) is 18.4. The molecule has 0 amide bonds. The molecule has 0 aromatic heterocycles. The topological polar surface area (TPSA) is 0 Å². The van der Waals surface area contributed by atoms with Crippen LogP contribution in [0.25, 0.3) is 99.1 Å². The fraction of sp³-hybridized carbons (Fsp3) is 0.0588. The molecule has 0 heterocycles. The molecule has 0 atom stereocenters. The van der Waals surface area contributed by atoms with Crippen LogP contribution in [0.4, 0.5) is 0 Å². The summed E-state index contributed by atoms with van der Waals surface area (Å²) >= 11 is 0. The number of fused-ring (bicyclic) bond motifs is 8. The molecule has 0 bridgehead atoms. The zero-order valence-electron chi connectivity index (χ0n) is 28.7. The highest BCUT2D eigenvalue weighted by molar-refractivity contribution is 6.18. The predicted octanol–water partition coefficient (Wildman–Crippen LogP) is 14.1. The number of benzene rings is 9. The molecule has 0 aliphatic heterocycles. The summed E-state index contributed by atoms with van der Waals surface area (Å²) in [6.45, 7) is 4.76. The molecule has 2 aliphatic carbocycles. The molecule has 11 rings (SSSR count). The largest absolute Gasteiger partial charge is 0.0616 e. The van der Waals surface area contributed by atoms with Crippen molar-refractivity contribution in [2.24, 2.45) is 0 Å². The Morgan fingerprint density at radius 1 is 0.294 bits per heavy atom. The molecule has 9 aromatic rings. The van der Waals surface area contributed by atoms with E-state index >= 15 is 0 Å². The predicted molar refractivity (Wildman–Crippen MR) is 217 cm³/mol. The van der Waals surface area contributed by atoms with Crippen LogP contribution < -0.4 is 0 Å². The number of hydrogen-bond donors (Lipinski definition) is 0. The maximum absolute atomic E-state index is 2.44. The van der Waals surface area contributed by atoms with Gasteiger partial charge in [0.05, 0.1) is 0 Å². The third-order valence-corrected chi connectivity index (χ3v) is 11.8. The van der Waals surface area contributed by atoms with Gasteiger partial charge in [0.2, 0.25) is 0 Å². The Morgan fingerprint density at radius 2 is 0.725 bits per heavy atom. The van der Waals surface area contributed by atoms with E-state index in [0.29, 0.717) is 0 Å². The fourth-order valence-corrected chi connectivity index (χ4v) is 9.12. The van der Waals surface area contributed by atoms with Crippen LogP contribution in [0.1, 0.15) is 25.0 Å². The van der Waals surface area contributed by atoms with E-state index in [0.717, 1.165) is 0 Å². The maximum Gasteiger partial charge on any atom is 0.0159 e. The van der Waals surface area contributed by atoms with Gasteiger partial charge in [-0.05, 0) is 141 Å². The van der Waals surface area contributed by atoms with Crippen LogP contribution in [0.5, 0.6) is 0 Å². The molecule has 51 heavy (non-hydrogen) atoms. The lowest BCUT2D eigenvalue weighted by Gasteiger charge is -2.23. The first-order valence-electron chi connectivity index (χ1n) is 18.0. The standard InChI is InChI=1S/C51H34/c1-51(2)48-29-37(34-15-14-31-8-3-4-9-32(31)26-34)20-22-43(48)44-23-21-38(30-49(44)51)35-16-17-36-28-39(19-18-33(36)27-35)40-24-25-47-42-11-6-5-10-41(42)46-13-7-12-45(40)50(46)47/h3-30H,1-2H3. The first kappa shape index (κ1) is 28.6. The van der Waals surface area contributed by atoms with Crippen molar-refractivity contribution in [3.63, 3.8) is 0 Å². The van der Waals surface area contributed by atoms with Crippen molar-refractivity contribution in [1.82, 2.24) is 0 Å². The third kappa shape index (κ3) is 4.14. The zero-order valence-corrected chi connectivity index (χ0v) is 28.7. The molecule has 9 aromatic carbocycles. The van der Waals surface area contributed by atoms with Crippen molar-refractivity contribution in [3.8, 4) is 66.8 Å². The van der Waals surface area contributed by atoms with Crippen molar-refractivity contribution in [1.29, 1.82) is 0 Å². The first-order valence-corrected chi connectivity index (χ1v) is 18.0. The van der Waals surface area contributed by atoms with Crippen molar-refractivity contribution in [3.05, 3.63) is 181 Å². The molecule has 0 saturated carbocycles. The maximum atomic E-state index is 2.44. The summed E-state index contributed by atoms with van der Waals surface area (Å²) in [7, 11) is 0. The summed E-state index contributed by atoms with van der Waals surface area (Å²) in [5, 5.41) is 7.78. The molecule has 0 saturated heterocycles. The molecule has 0 N–H and O–H groups in total. The Morgan fingerprint density at radius 3 is 1.39 bits per heavy atom. The number of hydrogen-bond acceptors (Lipinski definition) is 0. The van der Waals surface area contributed by atoms with Crippen LogP contribution in [0.15, 0.2) is 170 Å². The molecule has 0 heteroatoms. The molecule has 0 fully saturated rings. The smallest absolute Gasteiger partial charge is 0.0159 e. The van der Waals surface area contributed by atoms with E-state index in [4.69, 9.17) is 0 Å². The molecule has 2 aliphatic rings. The van der Waals surface area contributed by atoms with Crippen LogP contribution in [-0.4, -0.2) is 0 Å². The third-order valence-electron chi connectivity index (χ3n) is 11.8. The highest BCUT2D eigenvalue weighted by Crippen LogP contribution is 2.52. The first-order chi connectivity index (χ1) is 25.0. The van der Waals surface area contributed by atoms with Gasteiger partial charge in [0.25, 0.3) is 0 Å². The minimum atomic E-state index is -0.0969. The number of rotatable bonds is 3. The Hall–Kier alpha value is -6.24. The van der Waals surface area contributed by atoms with E-state index in [1.165, 1.54) is 110 Å². The van der Waals surface area contributed by atoms with Crippen molar-refractivity contribution < 1.29 is 0 Å². The van der Waals surface area contributed by atoms with E-state index in [2.05, 4.69) is 184 Å². The Labute approximate surface area is 298 Å². The summed E-state index contributed by atoms with van der Waals surface area (Å²) in [5.74, 6) is 0. The molecule has 0 nitrogen and oxygen atoms in total. The lowest BCUT2D eigenvalue weighted by atomic mass is 9.80. The summed E-state index contributed by atoms with van der Waals surface area (Å²) < 4.78 is 0. The quantitative estimate of drug-likeness (QED) is 0.179. The van der Waals surface area contributed by atoms with Gasteiger partial charge in [-0.3, -0.25) is 0 Å². The Balaban J connectivity index is 0.942. The lowest BCUT2D eigenvalue weighted by molar-refractivity contribution is 0.661. The highest BCUT2D eigenvalue weighted by atomic mass is 14.4. The van der Waals surface area contributed by atoms with Gasteiger partial charge in [-0.2, -0.15) is 0 Å². The van der Waals surface area contributed by atoms with Crippen molar-refractivity contribution >= 4 is 32.3 Å². The van der Waals surface area contributed by atoms with Crippen LogP contribution in [-0.2, 0) is 5.41 Å². The second kappa shape index (κ2) is 10.4. The van der Waals surface area contributed by atoms with Gasteiger partial charge in [0, 0.05) is 5.41 Å². The van der Waals surface area contributed by atoms with E-state index in [1.54, 1.807) is 0 Å². The van der Waals surface area contributed by atoms with Crippen LogP contribution in [0, 0.1) is 0 Å². The highest BCUT2D eigenvalue weighted by Gasteiger charge is 2.36. The van der Waals surface area contributed by atoms with Gasteiger partial charge in [-0.25, -0.2) is 0 Å². The molecule has 0 spiro atoms. The van der Waals surface area contributed by atoms with E-state index in [9.17, 15) is 0 Å². The summed E-state index contributed by atoms with van der Waals surface area (Å²) in [6.07, 6.45) is 0. The average molecular weight is 647 g/mol. The minimum absolute atomic E-state index is 0.0969. The van der Waals surface area contributed by atoms with Gasteiger partial charge < -0.3 is 0 Å². The Bertz CT molecular complexity index is 2910. The van der Waals surface area contributed by atoms with Gasteiger partial charge in [0.15, 0.2) is 0 Å². The van der Waals surface area contributed by atoms with E-state index < -0.39 is 0 Å². The van der Waals surface area contributed by atoms with Gasteiger partial charge in [-0.15, -0.1) is 0 Å². The van der Waals surface area contributed by atoms with Gasteiger partial charge in [0.1, 0.15) is 0 Å². The SMILES string of the molecule is CC1(C)c2cc(-c3ccc4ccccc4c3)ccc2-c2ccc(-c3ccc4cc(-c5ccc6c7c(cccc57)-c5ccccc5-6)ccc4c3)cc21. The van der Waals surface area contributed by atoms with Gasteiger partial charge in [-0.1, -0.05) is 153 Å². The monoisotopic (exact) mass is 646 g/mol. The minimum Gasteiger partial charge on any atom is -0.0616 e. The van der Waals surface area contributed by atoms with Crippen molar-refractivity contribution in [2.45, 2.75) is 19.3 Å². The molecular formula is C51H34.